The first-order valence-corrected chi connectivity index (χ1v) is 8.20. The number of fused-ring (bicyclic) bond motifs is 1. The van der Waals surface area contributed by atoms with E-state index in [1.807, 2.05) is 65.3 Å². The Bertz CT molecular complexity index is 1090. The van der Waals surface area contributed by atoms with Gasteiger partial charge in [0.1, 0.15) is 11.3 Å². The molecule has 5 heteroatoms. The van der Waals surface area contributed by atoms with Crippen LogP contribution in [0.4, 0.5) is 5.82 Å². The fourth-order valence-corrected chi connectivity index (χ4v) is 2.80. The molecule has 4 aromatic rings. The second kappa shape index (κ2) is 6.72. The highest BCUT2D eigenvalue weighted by Crippen LogP contribution is 2.36. The quantitative estimate of drug-likeness (QED) is 0.556. The first-order valence-electron chi connectivity index (χ1n) is 8.20. The monoisotopic (exact) mass is 343 g/mol. The van der Waals surface area contributed by atoms with Crippen molar-refractivity contribution in [3.8, 4) is 22.8 Å². The van der Waals surface area contributed by atoms with Crippen molar-refractivity contribution in [2.75, 3.05) is 7.11 Å². The number of rotatable bonds is 4. The highest BCUT2D eigenvalue weighted by atomic mass is 16.5. The second-order valence-corrected chi connectivity index (χ2v) is 5.77. The molecule has 2 aromatic heterocycles. The summed E-state index contributed by atoms with van der Waals surface area (Å²) in [6.07, 6.45) is 3.75. The van der Waals surface area contributed by atoms with E-state index in [0.717, 1.165) is 28.3 Å². The van der Waals surface area contributed by atoms with E-state index >= 15 is 0 Å². The number of aromatic nitrogens is 2. The van der Waals surface area contributed by atoms with Crippen LogP contribution in [0.1, 0.15) is 5.56 Å². The highest BCUT2D eigenvalue weighted by Gasteiger charge is 2.15. The minimum Gasteiger partial charge on any atom is -0.504 e. The number of methoxy groups -OCH3 is 1. The van der Waals surface area contributed by atoms with E-state index in [1.54, 1.807) is 18.2 Å². The molecule has 0 aliphatic heterocycles. The summed E-state index contributed by atoms with van der Waals surface area (Å²) in [6, 6.07) is 20.9. The molecule has 0 radical (unpaired) electrons. The van der Waals surface area contributed by atoms with Gasteiger partial charge in [0, 0.05) is 18.0 Å². The zero-order valence-electron chi connectivity index (χ0n) is 14.2. The SMILES string of the molecule is COc1cc(-c2nc3ccccn3c2/N=C/c2ccccc2)ccc1O. The van der Waals surface area contributed by atoms with Crippen molar-refractivity contribution in [1.29, 1.82) is 0 Å². The molecular formula is C21H17N3O2. The fraction of sp³-hybridized carbons (Fsp3) is 0.0476. The van der Waals surface area contributed by atoms with E-state index < -0.39 is 0 Å². The third-order valence-corrected chi connectivity index (χ3v) is 4.09. The molecule has 2 heterocycles. The summed E-state index contributed by atoms with van der Waals surface area (Å²) in [7, 11) is 1.52. The van der Waals surface area contributed by atoms with E-state index in [9.17, 15) is 5.11 Å². The summed E-state index contributed by atoms with van der Waals surface area (Å²) >= 11 is 0. The molecule has 0 fully saturated rings. The Labute approximate surface area is 150 Å². The maximum atomic E-state index is 9.86. The number of imidazole rings is 1. The van der Waals surface area contributed by atoms with E-state index in [4.69, 9.17) is 14.7 Å². The van der Waals surface area contributed by atoms with Crippen molar-refractivity contribution in [2.24, 2.45) is 4.99 Å². The fourth-order valence-electron chi connectivity index (χ4n) is 2.80. The van der Waals surface area contributed by atoms with Gasteiger partial charge in [0.2, 0.25) is 0 Å². The molecular weight excluding hydrogens is 326 g/mol. The summed E-state index contributed by atoms with van der Waals surface area (Å²) in [5.41, 5.74) is 3.35. The van der Waals surface area contributed by atoms with E-state index in [2.05, 4.69) is 0 Å². The molecule has 0 unspecified atom stereocenters. The average Bonchev–Trinajstić information content (AvgIpc) is 3.06. The van der Waals surface area contributed by atoms with Crippen LogP contribution in [0.5, 0.6) is 11.5 Å². The van der Waals surface area contributed by atoms with Gasteiger partial charge in [0.15, 0.2) is 17.3 Å². The topological polar surface area (TPSA) is 59.1 Å². The molecule has 0 saturated heterocycles. The molecule has 0 saturated carbocycles. The minimum atomic E-state index is 0.0920. The van der Waals surface area contributed by atoms with E-state index in [-0.39, 0.29) is 5.75 Å². The van der Waals surface area contributed by atoms with Gasteiger partial charge in [-0.05, 0) is 35.9 Å². The lowest BCUT2D eigenvalue weighted by atomic mass is 10.1. The molecule has 2 aromatic carbocycles. The van der Waals surface area contributed by atoms with Crippen molar-refractivity contribution < 1.29 is 9.84 Å². The Hall–Kier alpha value is -3.60. The molecule has 0 atom stereocenters. The van der Waals surface area contributed by atoms with E-state index in [0.29, 0.717) is 5.75 Å². The number of phenols is 1. The van der Waals surface area contributed by atoms with Crippen LogP contribution in [-0.4, -0.2) is 27.8 Å². The molecule has 5 nitrogen and oxygen atoms in total. The molecule has 0 amide bonds. The Morgan fingerprint density at radius 2 is 1.85 bits per heavy atom. The van der Waals surface area contributed by atoms with E-state index in [1.165, 1.54) is 7.11 Å². The lowest BCUT2D eigenvalue weighted by Gasteiger charge is -2.06. The van der Waals surface area contributed by atoms with Crippen LogP contribution in [0.2, 0.25) is 0 Å². The number of pyridine rings is 1. The van der Waals surface area contributed by atoms with Gasteiger partial charge < -0.3 is 9.84 Å². The summed E-state index contributed by atoms with van der Waals surface area (Å²) in [5, 5.41) is 9.86. The molecule has 128 valence electrons. The Morgan fingerprint density at radius 3 is 2.65 bits per heavy atom. The van der Waals surface area contributed by atoms with Crippen molar-refractivity contribution in [3.63, 3.8) is 0 Å². The summed E-state index contributed by atoms with van der Waals surface area (Å²) in [5.74, 6) is 1.21. The second-order valence-electron chi connectivity index (χ2n) is 5.77. The van der Waals surface area contributed by atoms with Crippen LogP contribution in [0.3, 0.4) is 0 Å². The van der Waals surface area contributed by atoms with Gasteiger partial charge in [-0.2, -0.15) is 0 Å². The number of ether oxygens (including phenoxy) is 1. The zero-order chi connectivity index (χ0) is 17.9. The molecule has 4 rings (SSSR count). The van der Waals surface area contributed by atoms with Gasteiger partial charge in [-0.15, -0.1) is 0 Å². The molecule has 0 aliphatic rings. The Morgan fingerprint density at radius 1 is 1.04 bits per heavy atom. The predicted molar refractivity (Wildman–Crippen MR) is 103 cm³/mol. The van der Waals surface area contributed by atoms with Gasteiger partial charge in [-0.3, -0.25) is 4.40 Å². The van der Waals surface area contributed by atoms with Crippen LogP contribution in [0.25, 0.3) is 16.9 Å². The Balaban J connectivity index is 1.88. The van der Waals surface area contributed by atoms with Crippen molar-refractivity contribution in [2.45, 2.75) is 0 Å². The van der Waals surface area contributed by atoms with Gasteiger partial charge in [0.05, 0.1) is 7.11 Å². The number of phenolic OH excluding ortho intramolecular Hbond substituents is 1. The maximum absolute atomic E-state index is 9.86. The lowest BCUT2D eigenvalue weighted by Crippen LogP contribution is -1.87. The summed E-state index contributed by atoms with van der Waals surface area (Å²) < 4.78 is 7.17. The molecule has 1 N–H and O–H groups in total. The summed E-state index contributed by atoms with van der Waals surface area (Å²) in [6.45, 7) is 0. The number of aliphatic imine (C=N–C) groups is 1. The minimum absolute atomic E-state index is 0.0920. The maximum Gasteiger partial charge on any atom is 0.165 e. The van der Waals surface area contributed by atoms with Crippen LogP contribution in [0.15, 0.2) is 77.9 Å². The smallest absolute Gasteiger partial charge is 0.165 e. The van der Waals surface area contributed by atoms with Gasteiger partial charge in [-0.1, -0.05) is 36.4 Å². The Kier molecular flexibility index (Phi) is 4.11. The summed E-state index contributed by atoms with van der Waals surface area (Å²) in [4.78, 5) is 9.40. The number of hydrogen-bond acceptors (Lipinski definition) is 4. The predicted octanol–water partition coefficient (Wildman–Crippen LogP) is 4.47. The third-order valence-electron chi connectivity index (χ3n) is 4.09. The van der Waals surface area contributed by atoms with Gasteiger partial charge in [0.25, 0.3) is 0 Å². The molecule has 0 spiro atoms. The van der Waals surface area contributed by atoms with Gasteiger partial charge in [-0.25, -0.2) is 9.98 Å². The van der Waals surface area contributed by atoms with Crippen molar-refractivity contribution >= 4 is 17.7 Å². The number of hydrogen-bond donors (Lipinski definition) is 1. The lowest BCUT2D eigenvalue weighted by molar-refractivity contribution is 0.373. The normalized spacial score (nSPS) is 11.3. The highest BCUT2D eigenvalue weighted by molar-refractivity contribution is 5.85. The third kappa shape index (κ3) is 2.91. The number of benzene rings is 2. The van der Waals surface area contributed by atoms with Crippen molar-refractivity contribution in [1.82, 2.24) is 9.38 Å². The van der Waals surface area contributed by atoms with Crippen LogP contribution < -0.4 is 4.74 Å². The van der Waals surface area contributed by atoms with Crippen LogP contribution >= 0.6 is 0 Å². The number of aromatic hydroxyl groups is 1. The van der Waals surface area contributed by atoms with Gasteiger partial charge >= 0.3 is 0 Å². The standard InChI is InChI=1S/C21H17N3O2/c1-26-18-13-16(10-11-17(18)25)20-21(22-14-15-7-3-2-4-8-15)24-12-6-5-9-19(24)23-20/h2-14,25H,1H3/b22-14+. The first kappa shape index (κ1) is 15.9. The molecule has 0 aliphatic carbocycles. The molecule has 0 bridgehead atoms. The average molecular weight is 343 g/mol. The first-order chi connectivity index (χ1) is 12.8. The van der Waals surface area contributed by atoms with Crippen LogP contribution in [-0.2, 0) is 0 Å². The zero-order valence-corrected chi connectivity index (χ0v) is 14.2. The molecule has 26 heavy (non-hydrogen) atoms. The number of nitrogens with zero attached hydrogens (tertiary/aromatic N) is 3. The largest absolute Gasteiger partial charge is 0.504 e. The van der Waals surface area contributed by atoms with Crippen molar-refractivity contribution in [3.05, 3.63) is 78.5 Å². The van der Waals surface area contributed by atoms with Crippen LogP contribution in [0, 0.1) is 0 Å².